The zero-order chi connectivity index (χ0) is 21.7. The molecule has 1 atom stereocenters. The zero-order valence-electron chi connectivity index (χ0n) is 17.2. The number of alkyl halides is 3. The van der Waals surface area contributed by atoms with Crippen LogP contribution in [0.15, 0.2) is 11.1 Å². The lowest BCUT2D eigenvalue weighted by Gasteiger charge is -2.59. The van der Waals surface area contributed by atoms with Crippen LogP contribution in [0.1, 0.15) is 62.3 Å². The Labute approximate surface area is 179 Å². The Morgan fingerprint density at radius 2 is 1.87 bits per heavy atom. The van der Waals surface area contributed by atoms with E-state index < -0.39 is 11.9 Å². The fourth-order valence-corrected chi connectivity index (χ4v) is 7.17. The second-order valence-corrected chi connectivity index (χ2v) is 10.4. The lowest BCUT2D eigenvalue weighted by Crippen LogP contribution is -2.56. The molecule has 0 saturated heterocycles. The van der Waals surface area contributed by atoms with Crippen molar-refractivity contribution in [2.75, 3.05) is 5.75 Å². The molecule has 4 aliphatic rings. The third kappa shape index (κ3) is 4.05. The van der Waals surface area contributed by atoms with Gasteiger partial charge in [0, 0.05) is 6.04 Å². The van der Waals surface area contributed by atoms with Gasteiger partial charge in [-0.15, -0.1) is 0 Å². The van der Waals surface area contributed by atoms with Gasteiger partial charge in [0.15, 0.2) is 0 Å². The van der Waals surface area contributed by atoms with Crippen LogP contribution in [0.5, 0.6) is 0 Å². The fourth-order valence-electron chi connectivity index (χ4n) is 6.31. The lowest BCUT2D eigenvalue weighted by atomic mass is 9.48. The molecule has 0 spiro atoms. The predicted octanol–water partition coefficient (Wildman–Crippen LogP) is 5.09. The first-order valence-electron chi connectivity index (χ1n) is 10.5. The van der Waals surface area contributed by atoms with Gasteiger partial charge >= 0.3 is 6.18 Å². The van der Waals surface area contributed by atoms with Crippen LogP contribution in [0.25, 0.3) is 0 Å². The number of nitriles is 1. The Bertz CT molecular complexity index is 858. The van der Waals surface area contributed by atoms with Gasteiger partial charge in [-0.05, 0) is 87.2 Å². The standard InChI is InChI=1S/C22H26F3N3OS/c1-12-3-18(22(23,24)25)28-20(17(12)10-26)30-11-19(29)27-13(2)21-7-14-4-15(8-21)6-16(5-14)9-21/h3,13-16H,4-9,11H2,1-2H3,(H,27,29). The highest BCUT2D eigenvalue weighted by molar-refractivity contribution is 8.00. The van der Waals surface area contributed by atoms with Crippen molar-refractivity contribution in [2.24, 2.45) is 23.2 Å². The molecule has 162 valence electrons. The van der Waals surface area contributed by atoms with E-state index in [-0.39, 0.29) is 39.3 Å². The van der Waals surface area contributed by atoms with Crippen molar-refractivity contribution in [1.29, 1.82) is 5.26 Å². The molecule has 4 saturated carbocycles. The molecule has 1 aromatic heterocycles. The van der Waals surface area contributed by atoms with Gasteiger partial charge in [0.25, 0.3) is 0 Å². The Hall–Kier alpha value is -1.75. The molecule has 4 aliphatic carbocycles. The number of rotatable bonds is 5. The number of thioether (sulfide) groups is 1. The van der Waals surface area contributed by atoms with Crippen molar-refractivity contribution >= 4 is 17.7 Å². The van der Waals surface area contributed by atoms with Gasteiger partial charge in [-0.2, -0.15) is 18.4 Å². The van der Waals surface area contributed by atoms with Crippen molar-refractivity contribution in [1.82, 2.24) is 10.3 Å². The van der Waals surface area contributed by atoms with E-state index in [1.54, 1.807) is 0 Å². The number of aryl methyl sites for hydroxylation is 1. The number of carbonyl (C=O) groups excluding carboxylic acids is 1. The quantitative estimate of drug-likeness (QED) is 0.652. The molecule has 1 heterocycles. The molecule has 1 aromatic rings. The molecular weight excluding hydrogens is 411 g/mol. The maximum Gasteiger partial charge on any atom is 0.433 e. The largest absolute Gasteiger partial charge is 0.433 e. The minimum atomic E-state index is -4.59. The minimum absolute atomic E-state index is 0.0394. The highest BCUT2D eigenvalue weighted by atomic mass is 32.2. The predicted molar refractivity (Wildman–Crippen MR) is 108 cm³/mol. The van der Waals surface area contributed by atoms with E-state index in [4.69, 9.17) is 0 Å². The number of amides is 1. The summed E-state index contributed by atoms with van der Waals surface area (Å²) in [6.45, 7) is 3.53. The SMILES string of the molecule is Cc1cc(C(F)(F)F)nc(SCC(=O)NC(C)C23CC4CC(CC(C4)C2)C3)c1C#N. The second kappa shape index (κ2) is 7.74. The maximum atomic E-state index is 13.1. The van der Waals surface area contributed by atoms with Crippen LogP contribution >= 0.6 is 11.8 Å². The normalized spacial score (nSPS) is 30.7. The summed E-state index contributed by atoms with van der Waals surface area (Å²) >= 11 is 0.898. The molecule has 5 rings (SSSR count). The Kier molecular flexibility index (Phi) is 5.54. The summed E-state index contributed by atoms with van der Waals surface area (Å²) in [5.74, 6) is 2.06. The average molecular weight is 438 g/mol. The molecule has 4 fully saturated rings. The first-order chi connectivity index (χ1) is 14.1. The summed E-state index contributed by atoms with van der Waals surface area (Å²) < 4.78 is 39.2. The van der Waals surface area contributed by atoms with Crippen molar-refractivity contribution in [2.45, 2.75) is 69.6 Å². The Morgan fingerprint density at radius 3 is 2.37 bits per heavy atom. The van der Waals surface area contributed by atoms with Gasteiger partial charge in [0.2, 0.25) is 5.91 Å². The summed E-state index contributed by atoms with van der Waals surface area (Å²) in [6, 6.07) is 2.83. The van der Waals surface area contributed by atoms with E-state index in [1.807, 2.05) is 6.07 Å². The van der Waals surface area contributed by atoms with Gasteiger partial charge < -0.3 is 5.32 Å². The summed E-state index contributed by atoms with van der Waals surface area (Å²) in [6.07, 6.45) is 2.89. The van der Waals surface area contributed by atoms with E-state index in [9.17, 15) is 23.2 Å². The third-order valence-corrected chi connectivity index (χ3v) is 8.28. The van der Waals surface area contributed by atoms with Crippen LogP contribution in [-0.2, 0) is 11.0 Å². The number of aromatic nitrogens is 1. The summed E-state index contributed by atoms with van der Waals surface area (Å²) in [5.41, 5.74) is -0.568. The van der Waals surface area contributed by atoms with E-state index >= 15 is 0 Å². The number of nitrogens with zero attached hydrogens (tertiary/aromatic N) is 2. The molecule has 0 aliphatic heterocycles. The van der Waals surface area contributed by atoms with Crippen LogP contribution in [-0.4, -0.2) is 22.7 Å². The molecular formula is C22H26F3N3OS. The van der Waals surface area contributed by atoms with Crippen molar-refractivity contribution < 1.29 is 18.0 Å². The first-order valence-corrected chi connectivity index (χ1v) is 11.5. The van der Waals surface area contributed by atoms with Crippen LogP contribution in [0, 0.1) is 41.4 Å². The topological polar surface area (TPSA) is 65.8 Å². The summed E-state index contributed by atoms with van der Waals surface area (Å²) in [5, 5.41) is 12.4. The van der Waals surface area contributed by atoms with Crippen molar-refractivity contribution in [3.05, 3.63) is 22.9 Å². The van der Waals surface area contributed by atoms with Crippen molar-refractivity contribution in [3.63, 3.8) is 0 Å². The van der Waals surface area contributed by atoms with Gasteiger partial charge in [-0.1, -0.05) is 11.8 Å². The van der Waals surface area contributed by atoms with Crippen LogP contribution < -0.4 is 5.32 Å². The molecule has 4 bridgehead atoms. The number of nitrogens with one attached hydrogen (secondary N) is 1. The van der Waals surface area contributed by atoms with E-state index in [0.717, 1.165) is 35.6 Å². The van der Waals surface area contributed by atoms with Crippen LogP contribution in [0.2, 0.25) is 0 Å². The second-order valence-electron chi connectivity index (χ2n) is 9.47. The summed E-state index contributed by atoms with van der Waals surface area (Å²) in [7, 11) is 0. The first kappa shape index (κ1) is 21.5. The third-order valence-electron chi connectivity index (χ3n) is 7.31. The molecule has 0 aromatic carbocycles. The van der Waals surface area contributed by atoms with Gasteiger partial charge in [0.05, 0.1) is 11.3 Å². The summed E-state index contributed by atoms with van der Waals surface area (Å²) in [4.78, 5) is 16.2. The number of hydrogen-bond donors (Lipinski definition) is 1. The molecule has 30 heavy (non-hydrogen) atoms. The number of carbonyl (C=O) groups is 1. The fraction of sp³-hybridized carbons (Fsp3) is 0.682. The van der Waals surface area contributed by atoms with Gasteiger partial charge in [-0.3, -0.25) is 4.79 Å². The highest BCUT2D eigenvalue weighted by Gasteiger charge is 2.53. The molecule has 1 unspecified atom stereocenters. The number of hydrogen-bond acceptors (Lipinski definition) is 4. The number of pyridine rings is 1. The van der Waals surface area contributed by atoms with E-state index in [1.165, 1.54) is 45.4 Å². The highest BCUT2D eigenvalue weighted by Crippen LogP contribution is 2.61. The molecule has 0 radical (unpaired) electrons. The lowest BCUT2D eigenvalue weighted by molar-refractivity contribution is -0.141. The Morgan fingerprint density at radius 1 is 1.30 bits per heavy atom. The molecule has 1 N–H and O–H groups in total. The van der Waals surface area contributed by atoms with Crippen LogP contribution in [0.3, 0.4) is 0 Å². The minimum Gasteiger partial charge on any atom is -0.352 e. The molecule has 8 heteroatoms. The van der Waals surface area contributed by atoms with E-state index in [2.05, 4.69) is 17.2 Å². The maximum absolute atomic E-state index is 13.1. The zero-order valence-corrected chi connectivity index (χ0v) is 18.0. The molecule has 4 nitrogen and oxygen atoms in total. The van der Waals surface area contributed by atoms with Gasteiger partial charge in [-0.25, -0.2) is 4.98 Å². The van der Waals surface area contributed by atoms with E-state index in [0.29, 0.717) is 0 Å². The Balaban J connectivity index is 1.42. The average Bonchev–Trinajstić information content (AvgIpc) is 2.64. The van der Waals surface area contributed by atoms with Crippen LogP contribution in [0.4, 0.5) is 13.2 Å². The smallest absolute Gasteiger partial charge is 0.352 e. The van der Waals surface area contributed by atoms with Crippen molar-refractivity contribution in [3.8, 4) is 6.07 Å². The van der Waals surface area contributed by atoms with Gasteiger partial charge in [0.1, 0.15) is 16.8 Å². The monoisotopic (exact) mass is 437 g/mol. The number of halogens is 3. The molecule has 1 amide bonds.